The molecule has 0 bridgehead atoms. The van der Waals surface area contributed by atoms with Gasteiger partial charge in [-0.15, -0.1) is 0 Å². The molecular weight excluding hydrogens is 154 g/mol. The number of aliphatic hydroxyl groups excluding tert-OH is 1. The van der Waals surface area contributed by atoms with Crippen molar-refractivity contribution in [2.45, 2.75) is 44.6 Å². The largest absolute Gasteiger partial charge is 0.389 e. The first-order valence-electron chi connectivity index (χ1n) is 4.52. The van der Waals surface area contributed by atoms with Crippen LogP contribution < -0.4 is 0 Å². The average molecular weight is 173 g/mol. The Morgan fingerprint density at radius 1 is 1.33 bits per heavy atom. The Balaban J connectivity index is 2.60. The van der Waals surface area contributed by atoms with E-state index in [2.05, 4.69) is 11.8 Å². The van der Waals surface area contributed by atoms with E-state index in [0.717, 1.165) is 6.42 Å². The highest BCUT2D eigenvalue weighted by molar-refractivity contribution is 4.86. The van der Waals surface area contributed by atoms with Crippen LogP contribution in [0.3, 0.4) is 0 Å². The molecule has 0 aromatic rings. The van der Waals surface area contributed by atoms with Gasteiger partial charge in [0.1, 0.15) is 0 Å². The quantitative estimate of drug-likeness (QED) is 0.626. The summed E-state index contributed by atoms with van der Waals surface area (Å²) in [5, 5.41) is 9.76. The summed E-state index contributed by atoms with van der Waals surface area (Å²) >= 11 is 0. The lowest BCUT2D eigenvalue weighted by Crippen LogP contribution is -2.52. The van der Waals surface area contributed by atoms with Crippen molar-refractivity contribution in [1.82, 2.24) is 4.90 Å². The lowest BCUT2D eigenvalue weighted by atomic mass is 9.96. The first kappa shape index (κ1) is 9.96. The molecule has 12 heavy (non-hydrogen) atoms. The van der Waals surface area contributed by atoms with Crippen molar-refractivity contribution in [3.63, 3.8) is 0 Å². The summed E-state index contributed by atoms with van der Waals surface area (Å²) in [5.41, 5.74) is 0. The lowest BCUT2D eigenvalue weighted by Gasteiger charge is -2.40. The molecule has 1 N–H and O–H groups in total. The predicted molar refractivity (Wildman–Crippen MR) is 48.1 cm³/mol. The second-order valence-electron chi connectivity index (χ2n) is 3.91. The average Bonchev–Trinajstić information content (AvgIpc) is 1.96. The molecule has 1 fully saturated rings. The Bertz CT molecular complexity index is 149. The molecule has 1 aliphatic heterocycles. The van der Waals surface area contributed by atoms with Crippen molar-refractivity contribution in [2.75, 3.05) is 14.1 Å². The van der Waals surface area contributed by atoms with E-state index in [1.54, 1.807) is 0 Å². The molecule has 1 saturated heterocycles. The fraction of sp³-hybridized carbons (Fsp3) is 1.00. The highest BCUT2D eigenvalue weighted by atomic mass is 16.5. The molecule has 72 valence electrons. The van der Waals surface area contributed by atoms with Gasteiger partial charge in [-0.3, -0.25) is 0 Å². The van der Waals surface area contributed by atoms with E-state index < -0.39 is 0 Å². The predicted octanol–water partition coefficient (Wildman–Crippen LogP) is 0.475. The zero-order valence-corrected chi connectivity index (χ0v) is 8.32. The maximum Gasteiger partial charge on any atom is 0.0954 e. The van der Waals surface area contributed by atoms with E-state index >= 15 is 0 Å². The molecular formula is C9H19NO2. The van der Waals surface area contributed by atoms with Crippen molar-refractivity contribution in [2.24, 2.45) is 0 Å². The van der Waals surface area contributed by atoms with Gasteiger partial charge in [-0.2, -0.15) is 0 Å². The molecule has 3 nitrogen and oxygen atoms in total. The fourth-order valence-electron chi connectivity index (χ4n) is 1.81. The summed E-state index contributed by atoms with van der Waals surface area (Å²) in [7, 11) is 4.00. The molecule has 2 unspecified atom stereocenters. The van der Waals surface area contributed by atoms with Crippen molar-refractivity contribution in [3.05, 3.63) is 0 Å². The minimum atomic E-state index is -0.351. The van der Waals surface area contributed by atoms with Crippen LogP contribution in [0, 0.1) is 0 Å². The molecule has 1 rings (SSSR count). The van der Waals surface area contributed by atoms with Gasteiger partial charge in [-0.1, -0.05) is 0 Å². The number of hydrogen-bond donors (Lipinski definition) is 1. The van der Waals surface area contributed by atoms with Crippen LogP contribution in [-0.4, -0.2) is 48.5 Å². The molecule has 0 aromatic heterocycles. The Morgan fingerprint density at radius 3 is 2.42 bits per heavy atom. The van der Waals surface area contributed by atoms with Crippen LogP contribution in [0.2, 0.25) is 0 Å². The number of nitrogens with zero attached hydrogens (tertiary/aromatic N) is 1. The standard InChI is InChI=1S/C9H19NO2/c1-6-5-8(10(3)4)9(11)7(2)12-6/h6-9,11H,5H2,1-4H3/t6-,7?,8?,9+/m1/s1. The van der Waals surface area contributed by atoms with Gasteiger partial charge in [0, 0.05) is 6.04 Å². The molecule has 0 aliphatic carbocycles. The summed E-state index contributed by atoms with van der Waals surface area (Å²) in [6.45, 7) is 3.98. The van der Waals surface area contributed by atoms with Crippen LogP contribution in [0.4, 0.5) is 0 Å². The zero-order chi connectivity index (χ0) is 9.30. The molecule has 1 aliphatic rings. The maximum absolute atomic E-state index is 9.76. The van der Waals surface area contributed by atoms with Crippen molar-refractivity contribution in [3.8, 4) is 0 Å². The number of ether oxygens (including phenoxy) is 1. The highest BCUT2D eigenvalue weighted by Gasteiger charge is 2.34. The number of rotatable bonds is 1. The fourth-order valence-corrected chi connectivity index (χ4v) is 1.81. The van der Waals surface area contributed by atoms with Gasteiger partial charge < -0.3 is 14.7 Å². The maximum atomic E-state index is 9.76. The summed E-state index contributed by atoms with van der Waals surface area (Å²) in [5.74, 6) is 0. The third-order valence-electron chi connectivity index (χ3n) is 2.56. The van der Waals surface area contributed by atoms with Crippen LogP contribution in [0.15, 0.2) is 0 Å². The first-order chi connectivity index (χ1) is 5.52. The van der Waals surface area contributed by atoms with Crippen molar-refractivity contribution in [1.29, 1.82) is 0 Å². The normalized spacial score (nSPS) is 43.5. The van der Waals surface area contributed by atoms with Crippen LogP contribution in [0.25, 0.3) is 0 Å². The Labute approximate surface area is 74.3 Å². The second-order valence-corrected chi connectivity index (χ2v) is 3.91. The molecule has 0 aromatic carbocycles. The van der Waals surface area contributed by atoms with Gasteiger partial charge in [-0.25, -0.2) is 0 Å². The summed E-state index contributed by atoms with van der Waals surface area (Å²) in [6, 6.07) is 0.240. The summed E-state index contributed by atoms with van der Waals surface area (Å²) in [6.07, 6.45) is 0.784. The monoisotopic (exact) mass is 173 g/mol. The highest BCUT2D eigenvalue weighted by Crippen LogP contribution is 2.22. The van der Waals surface area contributed by atoms with E-state index in [1.807, 2.05) is 21.0 Å². The number of hydrogen-bond acceptors (Lipinski definition) is 3. The van der Waals surface area contributed by atoms with Gasteiger partial charge in [-0.05, 0) is 34.4 Å². The van der Waals surface area contributed by atoms with Crippen LogP contribution in [0.1, 0.15) is 20.3 Å². The Kier molecular flexibility index (Phi) is 3.09. The first-order valence-corrected chi connectivity index (χ1v) is 4.52. The zero-order valence-electron chi connectivity index (χ0n) is 8.32. The molecule has 0 radical (unpaired) electrons. The minimum absolute atomic E-state index is 0.0406. The van der Waals surface area contributed by atoms with E-state index in [4.69, 9.17) is 4.74 Å². The molecule has 0 saturated carbocycles. The Hall–Kier alpha value is -0.120. The van der Waals surface area contributed by atoms with E-state index in [9.17, 15) is 5.11 Å². The van der Waals surface area contributed by atoms with Gasteiger partial charge in [0.25, 0.3) is 0 Å². The van der Waals surface area contributed by atoms with Gasteiger partial charge in [0.2, 0.25) is 0 Å². The summed E-state index contributed by atoms with van der Waals surface area (Å²) in [4.78, 5) is 2.07. The summed E-state index contributed by atoms with van der Waals surface area (Å²) < 4.78 is 5.50. The van der Waals surface area contributed by atoms with Crippen molar-refractivity contribution >= 4 is 0 Å². The third-order valence-corrected chi connectivity index (χ3v) is 2.56. The number of aliphatic hydroxyl groups is 1. The van der Waals surface area contributed by atoms with E-state index in [1.165, 1.54) is 0 Å². The van der Waals surface area contributed by atoms with Crippen LogP contribution in [0.5, 0.6) is 0 Å². The number of likely N-dealkylation sites (N-methyl/N-ethyl adjacent to an activating group) is 1. The van der Waals surface area contributed by atoms with Crippen LogP contribution >= 0.6 is 0 Å². The SMILES string of the molecule is CC1O[C@H](C)CC(N(C)C)[C@H]1O. The van der Waals surface area contributed by atoms with Crippen molar-refractivity contribution < 1.29 is 9.84 Å². The van der Waals surface area contributed by atoms with E-state index in [0.29, 0.717) is 0 Å². The molecule has 0 amide bonds. The minimum Gasteiger partial charge on any atom is -0.389 e. The lowest BCUT2D eigenvalue weighted by molar-refractivity contribution is -0.134. The van der Waals surface area contributed by atoms with Crippen LogP contribution in [-0.2, 0) is 4.74 Å². The topological polar surface area (TPSA) is 32.7 Å². The molecule has 4 atom stereocenters. The molecule has 3 heteroatoms. The Morgan fingerprint density at radius 2 is 1.92 bits per heavy atom. The van der Waals surface area contributed by atoms with Gasteiger partial charge in [0.15, 0.2) is 0 Å². The second kappa shape index (κ2) is 3.73. The molecule has 1 heterocycles. The van der Waals surface area contributed by atoms with Gasteiger partial charge in [0.05, 0.1) is 18.3 Å². The van der Waals surface area contributed by atoms with Gasteiger partial charge >= 0.3 is 0 Å². The smallest absolute Gasteiger partial charge is 0.0954 e. The third kappa shape index (κ3) is 1.97. The molecule has 0 spiro atoms. The van der Waals surface area contributed by atoms with E-state index in [-0.39, 0.29) is 24.4 Å².